The van der Waals surface area contributed by atoms with Crippen molar-refractivity contribution in [2.24, 2.45) is 5.73 Å². The highest BCUT2D eigenvalue weighted by atomic mass is 35.5. The molecule has 1 amide bonds. The Labute approximate surface area is 160 Å². The summed E-state index contributed by atoms with van der Waals surface area (Å²) in [6, 6.07) is 4.76. The second-order valence-corrected chi connectivity index (χ2v) is 8.49. The maximum atomic E-state index is 13.1. The van der Waals surface area contributed by atoms with Gasteiger partial charge in [-0.2, -0.15) is 4.31 Å². The number of sulfonamides is 1. The Morgan fingerprint density at radius 1 is 1.35 bits per heavy atom. The first-order chi connectivity index (χ1) is 11.9. The minimum Gasteiger partial charge on any atom is -0.381 e. The summed E-state index contributed by atoms with van der Waals surface area (Å²) in [7, 11) is -1.98. The van der Waals surface area contributed by atoms with Gasteiger partial charge in [-0.15, -0.1) is 12.4 Å². The highest BCUT2D eigenvalue weighted by Crippen LogP contribution is 2.33. The van der Waals surface area contributed by atoms with Gasteiger partial charge in [0.2, 0.25) is 15.9 Å². The van der Waals surface area contributed by atoms with Crippen molar-refractivity contribution in [2.75, 3.05) is 31.6 Å². The van der Waals surface area contributed by atoms with Crippen LogP contribution in [0.1, 0.15) is 25.3 Å². The van der Waals surface area contributed by atoms with Gasteiger partial charge in [0.15, 0.2) is 0 Å². The number of methoxy groups -OCH3 is 1. The molecule has 1 aromatic carbocycles. The number of nitrogens with two attached hydrogens (primary N) is 1. The van der Waals surface area contributed by atoms with Crippen LogP contribution in [0.5, 0.6) is 0 Å². The van der Waals surface area contributed by atoms with E-state index in [1.165, 1.54) is 11.2 Å². The van der Waals surface area contributed by atoms with Crippen LogP contribution in [0.2, 0.25) is 0 Å². The molecule has 7 nitrogen and oxygen atoms in total. The number of halogens is 1. The number of piperidine rings is 1. The number of fused-ring (bicyclic) bond motifs is 1. The molecule has 1 fully saturated rings. The molecule has 9 heteroatoms. The third-order valence-electron chi connectivity index (χ3n) is 5.15. The lowest BCUT2D eigenvalue weighted by Crippen LogP contribution is -2.51. The number of rotatable bonds is 4. The molecule has 0 bridgehead atoms. The van der Waals surface area contributed by atoms with Crippen LogP contribution in [0.4, 0.5) is 5.69 Å². The fourth-order valence-corrected chi connectivity index (χ4v) is 5.45. The monoisotopic (exact) mass is 403 g/mol. The topological polar surface area (TPSA) is 92.9 Å². The van der Waals surface area contributed by atoms with Crippen LogP contribution in [0.25, 0.3) is 0 Å². The van der Waals surface area contributed by atoms with Crippen molar-refractivity contribution in [3.63, 3.8) is 0 Å². The van der Waals surface area contributed by atoms with Gasteiger partial charge in [-0.3, -0.25) is 4.79 Å². The smallest absolute Gasteiger partial charge is 0.243 e. The molecule has 2 aliphatic rings. The number of ether oxygens (including phenoxy) is 1. The summed E-state index contributed by atoms with van der Waals surface area (Å²) in [6.07, 6.45) is 1.98. The van der Waals surface area contributed by atoms with Crippen LogP contribution in [-0.2, 0) is 26.0 Å². The first kappa shape index (κ1) is 21.1. The van der Waals surface area contributed by atoms with Crippen molar-refractivity contribution in [2.45, 2.75) is 43.2 Å². The number of hydrogen-bond donors (Lipinski definition) is 1. The van der Waals surface area contributed by atoms with E-state index in [4.69, 9.17) is 10.5 Å². The van der Waals surface area contributed by atoms with Crippen molar-refractivity contribution in [1.82, 2.24) is 4.31 Å². The van der Waals surface area contributed by atoms with Gasteiger partial charge in [0, 0.05) is 45.4 Å². The van der Waals surface area contributed by atoms with E-state index in [1.807, 2.05) is 0 Å². The number of hydrogen-bond acceptors (Lipinski definition) is 5. The molecule has 0 spiro atoms. The summed E-state index contributed by atoms with van der Waals surface area (Å²) in [5.74, 6) is -0.0285. The molecule has 26 heavy (non-hydrogen) atoms. The Hall–Kier alpha value is -1.19. The molecule has 0 aromatic heterocycles. The van der Waals surface area contributed by atoms with Crippen molar-refractivity contribution in [1.29, 1.82) is 0 Å². The molecule has 2 N–H and O–H groups in total. The summed E-state index contributed by atoms with van der Waals surface area (Å²) < 4.78 is 33.1. The van der Waals surface area contributed by atoms with E-state index in [2.05, 4.69) is 0 Å². The zero-order chi connectivity index (χ0) is 18.2. The number of nitrogens with zero attached hydrogens (tertiary/aromatic N) is 2. The lowest BCUT2D eigenvalue weighted by Gasteiger charge is -2.37. The van der Waals surface area contributed by atoms with Gasteiger partial charge >= 0.3 is 0 Å². The molecular formula is C17H26ClN3O4S. The third-order valence-corrected chi connectivity index (χ3v) is 7.10. The molecule has 2 heterocycles. The summed E-state index contributed by atoms with van der Waals surface area (Å²) in [4.78, 5) is 13.6. The number of carbonyl (C=O) groups is 1. The Balaban J connectivity index is 0.00000243. The zero-order valence-corrected chi connectivity index (χ0v) is 16.7. The van der Waals surface area contributed by atoms with Gasteiger partial charge in [0.25, 0.3) is 0 Å². The minimum absolute atomic E-state index is 0. The van der Waals surface area contributed by atoms with E-state index in [0.717, 1.165) is 11.3 Å². The van der Waals surface area contributed by atoms with Crippen LogP contribution >= 0.6 is 12.4 Å². The van der Waals surface area contributed by atoms with Crippen LogP contribution in [0, 0.1) is 0 Å². The van der Waals surface area contributed by atoms with Gasteiger partial charge in [-0.05, 0) is 43.0 Å². The lowest BCUT2D eigenvalue weighted by atomic mass is 10.0. The Kier molecular flexibility index (Phi) is 6.68. The zero-order valence-electron chi connectivity index (χ0n) is 15.1. The van der Waals surface area contributed by atoms with E-state index in [9.17, 15) is 13.2 Å². The third kappa shape index (κ3) is 3.75. The van der Waals surface area contributed by atoms with Crippen LogP contribution < -0.4 is 10.6 Å². The predicted molar refractivity (Wildman–Crippen MR) is 102 cm³/mol. The molecule has 0 aliphatic carbocycles. The Morgan fingerprint density at radius 3 is 2.69 bits per heavy atom. The maximum Gasteiger partial charge on any atom is 0.243 e. The molecule has 1 aromatic rings. The minimum atomic E-state index is -3.62. The fourth-order valence-electron chi connectivity index (χ4n) is 3.74. The number of carbonyl (C=O) groups excluding carboxylic acids is 1. The van der Waals surface area contributed by atoms with E-state index < -0.39 is 10.0 Å². The van der Waals surface area contributed by atoms with Gasteiger partial charge in [-0.25, -0.2) is 8.42 Å². The van der Waals surface area contributed by atoms with Crippen LogP contribution in [0.15, 0.2) is 23.1 Å². The molecule has 0 saturated carbocycles. The first-order valence-corrected chi connectivity index (χ1v) is 9.98. The summed E-state index contributed by atoms with van der Waals surface area (Å²) in [6.45, 7) is 2.78. The second kappa shape index (κ2) is 8.22. The fraction of sp³-hybridized carbons (Fsp3) is 0.588. The Bertz CT molecular complexity index is 771. The van der Waals surface area contributed by atoms with Gasteiger partial charge in [0.05, 0.1) is 11.0 Å². The largest absolute Gasteiger partial charge is 0.381 e. The molecule has 2 atom stereocenters. The second-order valence-electron chi connectivity index (χ2n) is 6.60. The maximum absolute atomic E-state index is 13.1. The SMILES string of the molecule is COC1CCN(S(=O)(=O)c2ccc3c(c2)CCN3C(C)=O)C(CN)C1.Cl. The number of anilines is 1. The highest BCUT2D eigenvalue weighted by Gasteiger charge is 2.37. The van der Waals surface area contributed by atoms with Gasteiger partial charge in [0.1, 0.15) is 0 Å². The average Bonchev–Trinajstić information content (AvgIpc) is 3.04. The molecule has 3 rings (SSSR count). The summed E-state index contributed by atoms with van der Waals surface area (Å²) >= 11 is 0. The van der Waals surface area contributed by atoms with Crippen molar-refractivity contribution in [3.05, 3.63) is 23.8 Å². The van der Waals surface area contributed by atoms with Crippen molar-refractivity contribution >= 4 is 34.0 Å². The summed E-state index contributed by atoms with van der Waals surface area (Å²) in [5.41, 5.74) is 7.52. The molecule has 146 valence electrons. The van der Waals surface area contributed by atoms with Crippen molar-refractivity contribution < 1.29 is 17.9 Å². The Morgan fingerprint density at radius 2 is 2.08 bits per heavy atom. The highest BCUT2D eigenvalue weighted by molar-refractivity contribution is 7.89. The average molecular weight is 404 g/mol. The molecule has 1 saturated heterocycles. The lowest BCUT2D eigenvalue weighted by molar-refractivity contribution is -0.116. The van der Waals surface area contributed by atoms with Crippen molar-refractivity contribution in [3.8, 4) is 0 Å². The molecular weight excluding hydrogens is 378 g/mol. The molecule has 0 radical (unpaired) electrons. The van der Waals surface area contributed by atoms with Gasteiger partial charge in [-0.1, -0.05) is 0 Å². The quantitative estimate of drug-likeness (QED) is 0.813. The molecule has 2 aliphatic heterocycles. The standard InChI is InChI=1S/C17H25N3O4S.ClH/c1-12(21)19-7-5-13-9-16(3-4-17(13)19)25(22,23)20-8-6-15(24-2)10-14(20)11-18;/h3-4,9,14-15H,5-8,10-11,18H2,1-2H3;1H. The normalized spacial score (nSPS) is 23.4. The van der Waals surface area contributed by atoms with Crippen LogP contribution in [-0.4, -0.2) is 57.5 Å². The predicted octanol–water partition coefficient (Wildman–Crippen LogP) is 1.14. The molecule has 2 unspecified atom stereocenters. The first-order valence-electron chi connectivity index (χ1n) is 8.54. The van der Waals surface area contributed by atoms with Gasteiger partial charge < -0.3 is 15.4 Å². The summed E-state index contributed by atoms with van der Waals surface area (Å²) in [5, 5.41) is 0. The number of benzene rings is 1. The van der Waals surface area contributed by atoms with E-state index >= 15 is 0 Å². The van der Waals surface area contributed by atoms with E-state index in [-0.39, 0.29) is 41.9 Å². The van der Waals surface area contributed by atoms with Crippen LogP contribution in [0.3, 0.4) is 0 Å². The van der Waals surface area contributed by atoms with E-state index in [1.54, 1.807) is 30.2 Å². The van der Waals surface area contributed by atoms with E-state index in [0.29, 0.717) is 32.4 Å². The number of amides is 1.